The van der Waals surface area contributed by atoms with Gasteiger partial charge in [0.15, 0.2) is 5.13 Å². The Morgan fingerprint density at radius 1 is 1.33 bits per heavy atom. The second-order valence-electron chi connectivity index (χ2n) is 4.01. The highest BCUT2D eigenvalue weighted by molar-refractivity contribution is 7.89. The predicted octanol–water partition coefficient (Wildman–Crippen LogP) is 1.60. The number of para-hydroxylation sites is 1. The van der Waals surface area contributed by atoms with Crippen molar-refractivity contribution in [3.63, 3.8) is 0 Å². The molecule has 2 rings (SSSR count). The molecule has 0 radical (unpaired) electrons. The lowest BCUT2D eigenvalue weighted by Crippen LogP contribution is -2.28. The fourth-order valence-corrected chi connectivity index (χ4v) is 3.03. The summed E-state index contributed by atoms with van der Waals surface area (Å²) in [5.74, 6) is 0.0654. The molecule has 0 saturated heterocycles. The summed E-state index contributed by atoms with van der Waals surface area (Å²) in [4.78, 5) is 4.38. The number of hydrogen-bond acceptors (Lipinski definition) is 5. The molecular formula is C11H15N3O2S2. The van der Waals surface area contributed by atoms with E-state index in [4.69, 9.17) is 0 Å². The van der Waals surface area contributed by atoms with Gasteiger partial charge in [0.1, 0.15) is 0 Å². The SMILES string of the molecule is CN(C)S(=O)(=O)CCNc1nc2ccccc2s1. The first kappa shape index (κ1) is 13.3. The van der Waals surface area contributed by atoms with Crippen molar-refractivity contribution in [2.24, 2.45) is 0 Å². The van der Waals surface area contributed by atoms with Crippen molar-refractivity contribution in [2.45, 2.75) is 0 Å². The summed E-state index contributed by atoms with van der Waals surface area (Å²) in [5, 5.41) is 3.80. The molecule has 1 aromatic carbocycles. The molecule has 0 unspecified atom stereocenters. The summed E-state index contributed by atoms with van der Waals surface area (Å²) < 4.78 is 25.4. The second-order valence-corrected chi connectivity index (χ2v) is 7.34. The third kappa shape index (κ3) is 2.98. The Morgan fingerprint density at radius 3 is 2.72 bits per heavy atom. The minimum absolute atomic E-state index is 0.0654. The number of anilines is 1. The highest BCUT2D eigenvalue weighted by Gasteiger charge is 2.13. The van der Waals surface area contributed by atoms with Gasteiger partial charge in [-0.05, 0) is 12.1 Å². The van der Waals surface area contributed by atoms with E-state index in [1.807, 2.05) is 24.3 Å². The third-order valence-electron chi connectivity index (χ3n) is 2.49. The van der Waals surface area contributed by atoms with Gasteiger partial charge in [-0.2, -0.15) is 0 Å². The average molecular weight is 285 g/mol. The van der Waals surface area contributed by atoms with E-state index in [0.717, 1.165) is 15.3 Å². The van der Waals surface area contributed by atoms with Gasteiger partial charge in [-0.25, -0.2) is 17.7 Å². The molecular weight excluding hydrogens is 270 g/mol. The van der Waals surface area contributed by atoms with Gasteiger partial charge < -0.3 is 5.32 Å². The van der Waals surface area contributed by atoms with E-state index in [2.05, 4.69) is 10.3 Å². The molecule has 0 amide bonds. The number of rotatable bonds is 5. The highest BCUT2D eigenvalue weighted by Crippen LogP contribution is 2.25. The fraction of sp³-hybridized carbons (Fsp3) is 0.364. The lowest BCUT2D eigenvalue weighted by atomic mass is 10.3. The molecule has 7 heteroatoms. The Morgan fingerprint density at radius 2 is 2.06 bits per heavy atom. The van der Waals surface area contributed by atoms with E-state index in [0.29, 0.717) is 6.54 Å². The lowest BCUT2D eigenvalue weighted by Gasteiger charge is -2.10. The molecule has 5 nitrogen and oxygen atoms in total. The molecule has 0 aliphatic rings. The monoisotopic (exact) mass is 285 g/mol. The molecule has 0 fully saturated rings. The lowest BCUT2D eigenvalue weighted by molar-refractivity contribution is 0.521. The minimum Gasteiger partial charge on any atom is -0.360 e. The van der Waals surface area contributed by atoms with Crippen LogP contribution in [-0.4, -0.2) is 44.1 Å². The average Bonchev–Trinajstić information content (AvgIpc) is 2.70. The summed E-state index contributed by atoms with van der Waals surface area (Å²) in [7, 11) is -0.0812. The van der Waals surface area contributed by atoms with Crippen LogP contribution in [0.15, 0.2) is 24.3 Å². The number of nitrogens with zero attached hydrogens (tertiary/aromatic N) is 2. The van der Waals surface area contributed by atoms with Gasteiger partial charge in [0.05, 0.1) is 16.0 Å². The van der Waals surface area contributed by atoms with Crippen molar-refractivity contribution >= 4 is 36.7 Å². The van der Waals surface area contributed by atoms with Crippen LogP contribution in [0.3, 0.4) is 0 Å². The van der Waals surface area contributed by atoms with E-state index >= 15 is 0 Å². The molecule has 0 aliphatic carbocycles. The number of nitrogens with one attached hydrogen (secondary N) is 1. The number of benzene rings is 1. The normalized spacial score (nSPS) is 12.2. The molecule has 1 N–H and O–H groups in total. The number of hydrogen-bond donors (Lipinski definition) is 1. The zero-order chi connectivity index (χ0) is 13.2. The van der Waals surface area contributed by atoms with Gasteiger partial charge in [-0.1, -0.05) is 23.5 Å². The zero-order valence-corrected chi connectivity index (χ0v) is 11.9. The Balaban J connectivity index is 1.99. The van der Waals surface area contributed by atoms with Crippen molar-refractivity contribution in [1.29, 1.82) is 0 Å². The van der Waals surface area contributed by atoms with Gasteiger partial charge in [0.25, 0.3) is 0 Å². The quantitative estimate of drug-likeness (QED) is 0.906. The van der Waals surface area contributed by atoms with Crippen LogP contribution in [0.25, 0.3) is 10.2 Å². The van der Waals surface area contributed by atoms with Crippen LogP contribution in [0.2, 0.25) is 0 Å². The Kier molecular flexibility index (Phi) is 3.84. The first-order chi connectivity index (χ1) is 8.49. The number of sulfonamides is 1. The third-order valence-corrected chi connectivity index (χ3v) is 5.31. The largest absolute Gasteiger partial charge is 0.360 e. The molecule has 0 spiro atoms. The minimum atomic E-state index is -3.15. The Hall–Kier alpha value is -1.18. The van der Waals surface area contributed by atoms with Crippen molar-refractivity contribution in [3.05, 3.63) is 24.3 Å². The molecule has 0 saturated carbocycles. The highest BCUT2D eigenvalue weighted by atomic mass is 32.2. The fourth-order valence-electron chi connectivity index (χ4n) is 1.42. The second kappa shape index (κ2) is 5.21. The maximum absolute atomic E-state index is 11.6. The molecule has 98 valence electrons. The van der Waals surface area contributed by atoms with Crippen LogP contribution in [0.4, 0.5) is 5.13 Å². The molecule has 0 aliphatic heterocycles. The van der Waals surface area contributed by atoms with E-state index in [9.17, 15) is 8.42 Å². The van der Waals surface area contributed by atoms with Crippen LogP contribution in [0, 0.1) is 0 Å². The topological polar surface area (TPSA) is 62.3 Å². The number of aromatic nitrogens is 1. The number of thiazole rings is 1. The standard InChI is InChI=1S/C11H15N3O2S2/c1-14(2)18(15,16)8-7-12-11-13-9-5-3-4-6-10(9)17-11/h3-6H,7-8H2,1-2H3,(H,12,13). The summed E-state index contributed by atoms with van der Waals surface area (Å²) >= 11 is 1.53. The van der Waals surface area contributed by atoms with Crippen LogP contribution in [0.5, 0.6) is 0 Å². The Bertz CT molecular complexity index is 602. The Labute approximate surface area is 111 Å². The maximum atomic E-state index is 11.6. The first-order valence-electron chi connectivity index (χ1n) is 5.49. The summed E-state index contributed by atoms with van der Waals surface area (Å²) in [6.45, 7) is 0.361. The predicted molar refractivity (Wildman–Crippen MR) is 75.6 cm³/mol. The van der Waals surface area contributed by atoms with Crippen molar-refractivity contribution in [3.8, 4) is 0 Å². The summed E-state index contributed by atoms with van der Waals surface area (Å²) in [6.07, 6.45) is 0. The van der Waals surface area contributed by atoms with Crippen molar-refractivity contribution in [1.82, 2.24) is 9.29 Å². The van der Waals surface area contributed by atoms with Gasteiger partial charge in [0, 0.05) is 20.6 Å². The van der Waals surface area contributed by atoms with Crippen LogP contribution in [0.1, 0.15) is 0 Å². The van der Waals surface area contributed by atoms with Crippen LogP contribution in [-0.2, 0) is 10.0 Å². The van der Waals surface area contributed by atoms with Gasteiger partial charge in [0.2, 0.25) is 10.0 Å². The summed E-state index contributed by atoms with van der Waals surface area (Å²) in [5.41, 5.74) is 0.931. The van der Waals surface area contributed by atoms with E-state index in [1.165, 1.54) is 29.7 Å². The van der Waals surface area contributed by atoms with Crippen LogP contribution < -0.4 is 5.32 Å². The van der Waals surface area contributed by atoms with Crippen molar-refractivity contribution < 1.29 is 8.42 Å². The zero-order valence-electron chi connectivity index (χ0n) is 10.3. The molecule has 0 bridgehead atoms. The van der Waals surface area contributed by atoms with Gasteiger partial charge >= 0.3 is 0 Å². The molecule has 1 heterocycles. The van der Waals surface area contributed by atoms with E-state index in [-0.39, 0.29) is 5.75 Å². The van der Waals surface area contributed by atoms with Crippen molar-refractivity contribution in [2.75, 3.05) is 31.7 Å². The number of fused-ring (bicyclic) bond motifs is 1. The summed E-state index contributed by atoms with van der Waals surface area (Å²) in [6, 6.07) is 7.82. The molecule has 1 aromatic heterocycles. The van der Waals surface area contributed by atoms with E-state index < -0.39 is 10.0 Å². The maximum Gasteiger partial charge on any atom is 0.215 e. The first-order valence-corrected chi connectivity index (χ1v) is 7.91. The van der Waals surface area contributed by atoms with E-state index in [1.54, 1.807) is 0 Å². The van der Waals surface area contributed by atoms with Gasteiger partial charge in [-0.3, -0.25) is 0 Å². The molecule has 0 atom stereocenters. The molecule has 2 aromatic rings. The molecule has 18 heavy (non-hydrogen) atoms. The van der Waals surface area contributed by atoms with Crippen LogP contribution >= 0.6 is 11.3 Å². The smallest absolute Gasteiger partial charge is 0.215 e. The van der Waals surface area contributed by atoms with Gasteiger partial charge in [-0.15, -0.1) is 0 Å².